The molecular formula is C22H30N6O5S. The third-order valence-electron chi connectivity index (χ3n) is 6.57. The minimum Gasteiger partial charge on any atom is -0.328 e. The number of hydrazine groups is 1. The molecule has 0 atom stereocenters. The first-order valence-corrected chi connectivity index (χ1v) is 12.9. The lowest BCUT2D eigenvalue weighted by Crippen LogP contribution is -2.51. The van der Waals surface area contributed by atoms with Crippen LogP contribution in [0.1, 0.15) is 51.3 Å². The molecule has 4 rings (SSSR count). The topological polar surface area (TPSA) is 134 Å². The second-order valence-electron chi connectivity index (χ2n) is 8.96. The predicted octanol–water partition coefficient (Wildman–Crippen LogP) is 1.52. The molecule has 1 saturated carbocycles. The van der Waals surface area contributed by atoms with Gasteiger partial charge in [0.25, 0.3) is 5.91 Å². The van der Waals surface area contributed by atoms with Crippen molar-refractivity contribution in [2.24, 2.45) is 0 Å². The molecule has 34 heavy (non-hydrogen) atoms. The number of urea groups is 1. The van der Waals surface area contributed by atoms with Crippen LogP contribution in [-0.4, -0.2) is 64.8 Å². The molecule has 0 bridgehead atoms. The molecule has 184 valence electrons. The molecule has 1 aliphatic carbocycles. The number of nitrogens with one attached hydrogen (secondary N) is 2. The Bertz CT molecular complexity index is 1250. The maximum Gasteiger partial charge on any atom is 0.344 e. The van der Waals surface area contributed by atoms with Crippen LogP contribution >= 0.6 is 0 Å². The van der Waals surface area contributed by atoms with Gasteiger partial charge in [0.1, 0.15) is 11.4 Å². The first kappa shape index (κ1) is 24.1. The highest BCUT2D eigenvalue weighted by atomic mass is 32.2. The van der Waals surface area contributed by atoms with Gasteiger partial charge in [-0.25, -0.2) is 22.5 Å². The standard InChI is InChI=1S/C22H30N6O5S/c1-4-27-17-9-8-15(34(32,33)26(2)3)14-16(17)23-18(27)10-11-19(29)25-28-20(30)22(24-21(28)31)12-6-5-7-13-22/h8-9,14H,4-7,10-13H2,1-3H3,(H,24,31)(H,25,29). The van der Waals surface area contributed by atoms with Crippen molar-refractivity contribution in [2.75, 3.05) is 14.1 Å². The van der Waals surface area contributed by atoms with Gasteiger partial charge in [0.05, 0.1) is 15.9 Å². The fourth-order valence-electron chi connectivity index (χ4n) is 4.70. The SMILES string of the molecule is CCn1c(CCC(=O)NN2C(=O)NC3(CCCCC3)C2=O)nc2cc(S(=O)(=O)N(C)C)ccc21. The summed E-state index contributed by atoms with van der Waals surface area (Å²) in [6.07, 6.45) is 4.18. The summed E-state index contributed by atoms with van der Waals surface area (Å²) < 4.78 is 28.0. The Labute approximate surface area is 198 Å². The first-order valence-electron chi connectivity index (χ1n) is 11.5. The lowest BCUT2D eigenvalue weighted by molar-refractivity contribution is -0.139. The van der Waals surface area contributed by atoms with Crippen molar-refractivity contribution in [3.63, 3.8) is 0 Å². The second kappa shape index (κ2) is 8.99. The summed E-state index contributed by atoms with van der Waals surface area (Å²) in [6.45, 7) is 2.52. The van der Waals surface area contributed by atoms with E-state index in [1.807, 2.05) is 11.5 Å². The zero-order valence-corrected chi connectivity index (χ0v) is 20.4. The highest BCUT2D eigenvalue weighted by molar-refractivity contribution is 7.89. The average Bonchev–Trinajstić information content (AvgIpc) is 3.27. The number of hydrogen-bond acceptors (Lipinski definition) is 6. The fourth-order valence-corrected chi connectivity index (χ4v) is 5.62. The zero-order valence-electron chi connectivity index (χ0n) is 19.6. The van der Waals surface area contributed by atoms with Crippen LogP contribution in [0.2, 0.25) is 0 Å². The molecular weight excluding hydrogens is 460 g/mol. The number of aromatic nitrogens is 2. The zero-order chi connectivity index (χ0) is 24.7. The molecule has 2 aromatic rings. The summed E-state index contributed by atoms with van der Waals surface area (Å²) in [7, 11) is -0.660. The van der Waals surface area contributed by atoms with Crippen LogP contribution in [-0.2, 0) is 32.6 Å². The third-order valence-corrected chi connectivity index (χ3v) is 8.39. The molecule has 2 aliphatic rings. The highest BCUT2D eigenvalue weighted by Gasteiger charge is 2.52. The van der Waals surface area contributed by atoms with Crippen LogP contribution in [0.15, 0.2) is 23.1 Å². The maximum atomic E-state index is 12.8. The van der Waals surface area contributed by atoms with Crippen LogP contribution in [0.25, 0.3) is 11.0 Å². The van der Waals surface area contributed by atoms with Gasteiger partial charge in [-0.2, -0.15) is 5.01 Å². The molecule has 11 nitrogen and oxygen atoms in total. The lowest BCUT2D eigenvalue weighted by atomic mass is 9.82. The third kappa shape index (κ3) is 4.16. The number of benzene rings is 1. The van der Waals surface area contributed by atoms with E-state index in [2.05, 4.69) is 15.7 Å². The van der Waals surface area contributed by atoms with E-state index in [0.717, 1.165) is 34.1 Å². The number of carbonyl (C=O) groups excluding carboxylic acids is 3. The molecule has 0 unspecified atom stereocenters. The van der Waals surface area contributed by atoms with Crippen molar-refractivity contribution in [1.82, 2.24) is 29.6 Å². The van der Waals surface area contributed by atoms with Gasteiger partial charge in [0.2, 0.25) is 15.9 Å². The quantitative estimate of drug-likeness (QED) is 0.566. The summed E-state index contributed by atoms with van der Waals surface area (Å²) in [6, 6.07) is 4.18. The molecule has 1 aromatic heterocycles. The minimum atomic E-state index is -3.60. The van der Waals surface area contributed by atoms with Crippen LogP contribution in [0.3, 0.4) is 0 Å². The highest BCUT2D eigenvalue weighted by Crippen LogP contribution is 2.33. The Hall–Kier alpha value is -2.99. The number of sulfonamides is 1. The summed E-state index contributed by atoms with van der Waals surface area (Å²) >= 11 is 0. The average molecular weight is 491 g/mol. The van der Waals surface area contributed by atoms with E-state index >= 15 is 0 Å². The predicted molar refractivity (Wildman–Crippen MR) is 124 cm³/mol. The van der Waals surface area contributed by atoms with E-state index in [1.165, 1.54) is 20.2 Å². The van der Waals surface area contributed by atoms with E-state index < -0.39 is 33.4 Å². The van der Waals surface area contributed by atoms with Crippen LogP contribution in [0.4, 0.5) is 4.79 Å². The summed E-state index contributed by atoms with van der Waals surface area (Å²) in [4.78, 5) is 42.5. The number of aryl methyl sites for hydroxylation is 2. The van der Waals surface area contributed by atoms with Gasteiger partial charge in [-0.1, -0.05) is 19.3 Å². The van der Waals surface area contributed by atoms with Crippen molar-refractivity contribution >= 4 is 38.9 Å². The van der Waals surface area contributed by atoms with Crippen LogP contribution in [0, 0.1) is 0 Å². The van der Waals surface area contributed by atoms with Crippen molar-refractivity contribution < 1.29 is 22.8 Å². The lowest BCUT2D eigenvalue weighted by Gasteiger charge is -2.30. The van der Waals surface area contributed by atoms with Gasteiger partial charge in [-0.05, 0) is 38.0 Å². The number of amides is 4. The van der Waals surface area contributed by atoms with Gasteiger partial charge in [0, 0.05) is 33.5 Å². The number of imidazole rings is 1. The summed E-state index contributed by atoms with van der Waals surface area (Å²) in [5.41, 5.74) is 2.83. The van der Waals surface area contributed by atoms with Crippen LogP contribution < -0.4 is 10.7 Å². The van der Waals surface area contributed by atoms with Gasteiger partial charge in [-0.15, -0.1) is 0 Å². The Morgan fingerprint density at radius 1 is 1.21 bits per heavy atom. The second-order valence-corrected chi connectivity index (χ2v) is 11.1. The molecule has 1 aromatic carbocycles. The first-order chi connectivity index (χ1) is 16.1. The number of rotatable bonds is 7. The molecule has 1 aliphatic heterocycles. The van der Waals surface area contributed by atoms with Gasteiger partial charge < -0.3 is 9.88 Å². The molecule has 12 heteroatoms. The van der Waals surface area contributed by atoms with Gasteiger partial charge in [0.15, 0.2) is 0 Å². The largest absolute Gasteiger partial charge is 0.344 e. The smallest absolute Gasteiger partial charge is 0.328 e. The van der Waals surface area contributed by atoms with Crippen molar-refractivity contribution in [3.05, 3.63) is 24.0 Å². The van der Waals surface area contributed by atoms with Crippen molar-refractivity contribution in [1.29, 1.82) is 0 Å². The van der Waals surface area contributed by atoms with Crippen molar-refractivity contribution in [2.45, 2.75) is 68.8 Å². The van der Waals surface area contributed by atoms with Crippen LogP contribution in [0.5, 0.6) is 0 Å². The molecule has 0 radical (unpaired) electrons. The monoisotopic (exact) mass is 490 g/mol. The molecule has 2 N–H and O–H groups in total. The maximum absolute atomic E-state index is 12.8. The Morgan fingerprint density at radius 3 is 2.56 bits per heavy atom. The van der Waals surface area contributed by atoms with E-state index in [-0.39, 0.29) is 17.7 Å². The summed E-state index contributed by atoms with van der Waals surface area (Å²) in [5.74, 6) is -0.254. The number of hydrogen-bond donors (Lipinski definition) is 2. The molecule has 4 amide bonds. The normalized spacial score (nSPS) is 18.2. The fraction of sp³-hybridized carbons (Fsp3) is 0.545. The number of fused-ring (bicyclic) bond motifs is 1. The van der Waals surface area contributed by atoms with Crippen molar-refractivity contribution in [3.8, 4) is 0 Å². The number of imide groups is 1. The number of carbonyl (C=O) groups is 3. The van der Waals surface area contributed by atoms with E-state index in [0.29, 0.717) is 30.7 Å². The Balaban J connectivity index is 1.47. The molecule has 1 spiro atoms. The van der Waals surface area contributed by atoms with Gasteiger partial charge in [-0.3, -0.25) is 15.0 Å². The van der Waals surface area contributed by atoms with E-state index in [9.17, 15) is 22.8 Å². The van der Waals surface area contributed by atoms with Gasteiger partial charge >= 0.3 is 6.03 Å². The summed E-state index contributed by atoms with van der Waals surface area (Å²) in [5, 5.41) is 3.56. The Kier molecular flexibility index (Phi) is 6.38. The van der Waals surface area contributed by atoms with E-state index in [4.69, 9.17) is 0 Å². The molecule has 2 fully saturated rings. The minimum absolute atomic E-state index is 0.0102. The number of nitrogens with zero attached hydrogens (tertiary/aromatic N) is 4. The molecule has 1 saturated heterocycles. The Morgan fingerprint density at radius 2 is 1.91 bits per heavy atom. The molecule has 2 heterocycles. The van der Waals surface area contributed by atoms with E-state index in [1.54, 1.807) is 12.1 Å².